The van der Waals surface area contributed by atoms with E-state index in [1.165, 1.54) is 12.7 Å². The number of nitrogens with zero attached hydrogens (tertiary/aromatic N) is 3. The van der Waals surface area contributed by atoms with Gasteiger partial charge in [-0.15, -0.1) is 5.10 Å². The lowest BCUT2D eigenvalue weighted by Gasteiger charge is -2.31. The second-order valence-corrected chi connectivity index (χ2v) is 7.24. The second kappa shape index (κ2) is 8.82. The largest absolute Gasteiger partial charge is 0.464 e. The Morgan fingerprint density at radius 1 is 1.25 bits per heavy atom. The van der Waals surface area contributed by atoms with Crippen LogP contribution in [0, 0.1) is 13.8 Å². The van der Waals surface area contributed by atoms with Crippen LogP contribution in [-0.4, -0.2) is 40.0 Å². The van der Waals surface area contributed by atoms with Crippen molar-refractivity contribution in [2.24, 2.45) is 0 Å². The summed E-state index contributed by atoms with van der Waals surface area (Å²) in [6.07, 6.45) is 8.82. The highest BCUT2D eigenvalue weighted by molar-refractivity contribution is 5.92. The van der Waals surface area contributed by atoms with Crippen LogP contribution in [0.25, 0.3) is 6.08 Å². The van der Waals surface area contributed by atoms with Gasteiger partial charge in [-0.2, -0.15) is 0 Å². The number of methoxy groups -OCH3 is 1. The second-order valence-electron chi connectivity index (χ2n) is 7.24. The Labute approximate surface area is 164 Å². The van der Waals surface area contributed by atoms with E-state index in [-0.39, 0.29) is 23.7 Å². The minimum absolute atomic E-state index is 0.0295. The molecule has 0 spiro atoms. The van der Waals surface area contributed by atoms with E-state index < -0.39 is 5.97 Å². The Morgan fingerprint density at radius 2 is 2.04 bits per heavy atom. The predicted octanol–water partition coefficient (Wildman–Crippen LogP) is 2.99. The number of aryl methyl sites for hydroxylation is 2. The summed E-state index contributed by atoms with van der Waals surface area (Å²) in [6, 6.07) is 6.06. The number of hydrogen-bond acceptors (Lipinski definition) is 5. The van der Waals surface area contributed by atoms with Gasteiger partial charge in [0.2, 0.25) is 5.91 Å². The van der Waals surface area contributed by atoms with E-state index in [2.05, 4.69) is 26.4 Å². The third kappa shape index (κ3) is 4.65. The van der Waals surface area contributed by atoms with Crippen LogP contribution in [-0.2, 0) is 9.53 Å². The molecule has 3 rings (SSSR count). The Morgan fingerprint density at radius 3 is 2.79 bits per heavy atom. The van der Waals surface area contributed by atoms with E-state index in [4.69, 9.17) is 0 Å². The topological polar surface area (TPSA) is 86.1 Å². The molecule has 7 heteroatoms. The summed E-state index contributed by atoms with van der Waals surface area (Å²) in [5.41, 5.74) is 3.54. The third-order valence-electron chi connectivity index (χ3n) is 5.14. The van der Waals surface area contributed by atoms with Gasteiger partial charge in [-0.1, -0.05) is 41.8 Å². The number of esters is 1. The van der Waals surface area contributed by atoms with Gasteiger partial charge in [-0.3, -0.25) is 4.79 Å². The van der Waals surface area contributed by atoms with Gasteiger partial charge >= 0.3 is 5.97 Å². The van der Waals surface area contributed by atoms with Crippen LogP contribution < -0.4 is 5.32 Å². The van der Waals surface area contributed by atoms with Crippen molar-refractivity contribution in [2.45, 2.75) is 51.6 Å². The lowest BCUT2D eigenvalue weighted by Crippen LogP contribution is -2.42. The monoisotopic (exact) mass is 382 g/mol. The summed E-state index contributed by atoms with van der Waals surface area (Å²) >= 11 is 0. The summed E-state index contributed by atoms with van der Waals surface area (Å²) in [6.45, 7) is 4.08. The van der Waals surface area contributed by atoms with Gasteiger partial charge in [-0.25, -0.2) is 9.48 Å². The molecular weight excluding hydrogens is 356 g/mol. The fourth-order valence-electron chi connectivity index (χ4n) is 3.64. The number of rotatable bonds is 5. The maximum atomic E-state index is 12.5. The van der Waals surface area contributed by atoms with E-state index in [1.54, 1.807) is 17.0 Å². The zero-order valence-electron chi connectivity index (χ0n) is 16.5. The van der Waals surface area contributed by atoms with Crippen molar-refractivity contribution in [1.82, 2.24) is 20.3 Å². The van der Waals surface area contributed by atoms with Gasteiger partial charge in [-0.05, 0) is 43.9 Å². The van der Waals surface area contributed by atoms with Crippen LogP contribution >= 0.6 is 0 Å². The molecule has 0 saturated heterocycles. The van der Waals surface area contributed by atoms with E-state index in [0.717, 1.165) is 36.8 Å². The molecule has 2 atom stereocenters. The van der Waals surface area contributed by atoms with E-state index in [9.17, 15) is 9.59 Å². The van der Waals surface area contributed by atoms with Crippen molar-refractivity contribution < 1.29 is 14.3 Å². The molecule has 1 heterocycles. The molecule has 1 saturated carbocycles. The molecule has 1 fully saturated rings. The van der Waals surface area contributed by atoms with Crippen LogP contribution in [0.3, 0.4) is 0 Å². The van der Waals surface area contributed by atoms with Crippen molar-refractivity contribution >= 4 is 18.0 Å². The first-order chi connectivity index (χ1) is 13.5. The Kier molecular flexibility index (Phi) is 6.23. The molecule has 28 heavy (non-hydrogen) atoms. The van der Waals surface area contributed by atoms with Gasteiger partial charge in [0.25, 0.3) is 0 Å². The molecule has 7 nitrogen and oxygen atoms in total. The number of carbonyl (C=O) groups is 2. The SMILES string of the molecule is COC(=O)c1cn(C2CCCCC2NC(=O)/C=C/c2ccc(C)cc2C)nn1. The summed E-state index contributed by atoms with van der Waals surface area (Å²) in [5.74, 6) is -0.649. The van der Waals surface area contributed by atoms with E-state index in [1.807, 2.05) is 32.1 Å². The summed E-state index contributed by atoms with van der Waals surface area (Å²) in [5, 5.41) is 11.0. The van der Waals surface area contributed by atoms with Gasteiger partial charge in [0.15, 0.2) is 5.69 Å². The van der Waals surface area contributed by atoms with Crippen molar-refractivity contribution in [3.63, 3.8) is 0 Å². The number of nitrogens with one attached hydrogen (secondary N) is 1. The molecule has 1 aliphatic carbocycles. The van der Waals surface area contributed by atoms with Gasteiger partial charge < -0.3 is 10.1 Å². The average molecular weight is 382 g/mol. The van der Waals surface area contributed by atoms with Gasteiger partial charge in [0, 0.05) is 6.08 Å². The van der Waals surface area contributed by atoms with Crippen molar-refractivity contribution in [1.29, 1.82) is 0 Å². The van der Waals surface area contributed by atoms with Crippen molar-refractivity contribution in [3.8, 4) is 0 Å². The number of benzene rings is 1. The lowest BCUT2D eigenvalue weighted by atomic mass is 9.90. The molecule has 148 valence electrons. The van der Waals surface area contributed by atoms with Crippen LogP contribution in [0.4, 0.5) is 0 Å². The standard InChI is InChI=1S/C21H26N4O3/c1-14-8-9-16(15(2)12-14)10-11-20(26)22-17-6-4-5-7-19(17)25-13-18(23-24-25)21(27)28-3/h8-13,17,19H,4-7H2,1-3H3,(H,22,26)/b11-10+. The molecule has 0 radical (unpaired) electrons. The Bertz CT molecular complexity index is 888. The number of ether oxygens (including phenoxy) is 1. The van der Waals surface area contributed by atoms with Gasteiger partial charge in [0.05, 0.1) is 25.4 Å². The van der Waals surface area contributed by atoms with Crippen LogP contribution in [0.5, 0.6) is 0 Å². The minimum Gasteiger partial charge on any atom is -0.464 e. The quantitative estimate of drug-likeness (QED) is 0.635. The van der Waals surface area contributed by atoms with Crippen LogP contribution in [0.15, 0.2) is 30.5 Å². The highest BCUT2D eigenvalue weighted by atomic mass is 16.5. The first-order valence-electron chi connectivity index (χ1n) is 9.54. The van der Waals surface area contributed by atoms with Crippen LogP contribution in [0.2, 0.25) is 0 Å². The predicted molar refractivity (Wildman–Crippen MR) is 106 cm³/mol. The zero-order valence-corrected chi connectivity index (χ0v) is 16.5. The molecule has 2 unspecified atom stereocenters. The number of carbonyl (C=O) groups excluding carboxylic acids is 2. The molecular formula is C21H26N4O3. The minimum atomic E-state index is -0.515. The molecule has 1 aliphatic rings. The summed E-state index contributed by atoms with van der Waals surface area (Å²) < 4.78 is 6.36. The first-order valence-corrected chi connectivity index (χ1v) is 9.54. The maximum absolute atomic E-state index is 12.5. The Hall–Kier alpha value is -2.96. The molecule has 2 aromatic rings. The number of aromatic nitrogens is 3. The smallest absolute Gasteiger partial charge is 0.360 e. The fourth-order valence-corrected chi connectivity index (χ4v) is 3.64. The van der Waals surface area contributed by atoms with Crippen molar-refractivity contribution in [3.05, 3.63) is 52.9 Å². The molecule has 0 bridgehead atoms. The average Bonchev–Trinajstić information content (AvgIpc) is 3.17. The normalized spacial score (nSPS) is 19.5. The highest BCUT2D eigenvalue weighted by Crippen LogP contribution is 2.28. The molecule has 1 aromatic heterocycles. The molecule has 1 amide bonds. The molecule has 1 aromatic carbocycles. The van der Waals surface area contributed by atoms with E-state index >= 15 is 0 Å². The summed E-state index contributed by atoms with van der Waals surface area (Å²) in [4.78, 5) is 24.1. The van der Waals surface area contributed by atoms with Crippen molar-refractivity contribution in [2.75, 3.05) is 7.11 Å². The number of amides is 1. The van der Waals surface area contributed by atoms with E-state index in [0.29, 0.717) is 0 Å². The van der Waals surface area contributed by atoms with Gasteiger partial charge in [0.1, 0.15) is 0 Å². The third-order valence-corrected chi connectivity index (χ3v) is 5.14. The summed E-state index contributed by atoms with van der Waals surface area (Å²) in [7, 11) is 1.31. The first kappa shape index (κ1) is 19.8. The fraction of sp³-hybridized carbons (Fsp3) is 0.429. The Balaban J connectivity index is 1.68. The maximum Gasteiger partial charge on any atom is 0.360 e. The molecule has 1 N–H and O–H groups in total. The van der Waals surface area contributed by atoms with Crippen LogP contribution in [0.1, 0.15) is 58.9 Å². The lowest BCUT2D eigenvalue weighted by molar-refractivity contribution is -0.117. The zero-order chi connectivity index (χ0) is 20.1. The highest BCUT2D eigenvalue weighted by Gasteiger charge is 2.29. The molecule has 0 aliphatic heterocycles. The number of hydrogen-bond donors (Lipinski definition) is 1.